The standard InChI is InChI=1S/C23H32N4OS/c28-23(25-15-20-10-12-27(17-20)21-7-2-1-3-8-21)24-14-19-6-4-11-26(16-19)18-22-9-5-13-29-22/h1-3,5,7-9,13,19-20H,4,6,10-12,14-18H2,(H2,24,25,28)/t19-,20-/m0/s1. The van der Waals surface area contributed by atoms with Gasteiger partial charge >= 0.3 is 6.03 Å². The SMILES string of the molecule is O=C(NC[C@@H]1CCCN(Cc2cccs2)C1)NC[C@@H]1CCN(c2ccccc2)C1. The molecule has 2 fully saturated rings. The Bertz CT molecular complexity index is 752. The Kier molecular flexibility index (Phi) is 7.06. The van der Waals surface area contributed by atoms with E-state index in [1.54, 1.807) is 0 Å². The quantitative estimate of drug-likeness (QED) is 0.727. The van der Waals surface area contributed by atoms with Crippen molar-refractivity contribution < 1.29 is 4.79 Å². The van der Waals surface area contributed by atoms with Gasteiger partial charge in [0.15, 0.2) is 0 Å². The van der Waals surface area contributed by atoms with Crippen molar-refractivity contribution in [3.63, 3.8) is 0 Å². The molecule has 2 N–H and O–H groups in total. The molecule has 29 heavy (non-hydrogen) atoms. The first-order chi connectivity index (χ1) is 14.3. The van der Waals surface area contributed by atoms with Crippen LogP contribution in [0.4, 0.5) is 10.5 Å². The third kappa shape index (κ3) is 5.97. The van der Waals surface area contributed by atoms with Crippen LogP contribution in [0.2, 0.25) is 0 Å². The van der Waals surface area contributed by atoms with Crippen LogP contribution in [0.15, 0.2) is 47.8 Å². The lowest BCUT2D eigenvalue weighted by atomic mass is 9.98. The summed E-state index contributed by atoms with van der Waals surface area (Å²) in [5.41, 5.74) is 1.28. The number of carbonyl (C=O) groups is 1. The molecule has 1 aromatic heterocycles. The smallest absolute Gasteiger partial charge is 0.314 e. The summed E-state index contributed by atoms with van der Waals surface area (Å²) in [6.07, 6.45) is 3.56. The third-order valence-electron chi connectivity index (χ3n) is 6.07. The van der Waals surface area contributed by atoms with Crippen LogP contribution in [0.1, 0.15) is 24.1 Å². The molecule has 0 bridgehead atoms. The number of hydrogen-bond acceptors (Lipinski definition) is 4. The lowest BCUT2D eigenvalue weighted by Gasteiger charge is -2.32. The summed E-state index contributed by atoms with van der Waals surface area (Å²) < 4.78 is 0. The second-order valence-electron chi connectivity index (χ2n) is 8.35. The summed E-state index contributed by atoms with van der Waals surface area (Å²) >= 11 is 1.83. The largest absolute Gasteiger partial charge is 0.371 e. The average Bonchev–Trinajstić information content (AvgIpc) is 3.44. The molecule has 0 spiro atoms. The van der Waals surface area contributed by atoms with Crippen LogP contribution in [-0.2, 0) is 6.54 Å². The van der Waals surface area contributed by atoms with Gasteiger partial charge in [-0.2, -0.15) is 0 Å². The molecular formula is C23H32N4OS. The summed E-state index contributed by atoms with van der Waals surface area (Å²) in [5, 5.41) is 8.35. The molecule has 156 valence electrons. The van der Waals surface area contributed by atoms with Gasteiger partial charge in [0.25, 0.3) is 0 Å². The van der Waals surface area contributed by atoms with Crippen molar-refractivity contribution >= 4 is 23.1 Å². The number of piperidine rings is 1. The molecule has 2 amide bonds. The number of anilines is 1. The first kappa shape index (κ1) is 20.2. The van der Waals surface area contributed by atoms with Crippen LogP contribution in [0.3, 0.4) is 0 Å². The van der Waals surface area contributed by atoms with Gasteiger partial charge in [-0.15, -0.1) is 11.3 Å². The highest BCUT2D eigenvalue weighted by molar-refractivity contribution is 7.09. The summed E-state index contributed by atoms with van der Waals surface area (Å²) in [6.45, 7) is 6.90. The van der Waals surface area contributed by atoms with Crippen molar-refractivity contribution in [2.75, 3.05) is 44.2 Å². The molecule has 5 nitrogen and oxygen atoms in total. The zero-order valence-electron chi connectivity index (χ0n) is 17.1. The van der Waals surface area contributed by atoms with Gasteiger partial charge in [-0.05, 0) is 61.2 Å². The molecule has 0 aliphatic carbocycles. The van der Waals surface area contributed by atoms with Crippen LogP contribution in [0, 0.1) is 11.8 Å². The minimum absolute atomic E-state index is 0.0152. The van der Waals surface area contributed by atoms with Gasteiger partial charge < -0.3 is 15.5 Å². The van der Waals surface area contributed by atoms with E-state index in [0.717, 1.165) is 45.7 Å². The number of nitrogens with zero attached hydrogens (tertiary/aromatic N) is 2. The van der Waals surface area contributed by atoms with Crippen LogP contribution >= 0.6 is 11.3 Å². The molecule has 0 radical (unpaired) electrons. The van der Waals surface area contributed by atoms with Crippen molar-refractivity contribution in [1.82, 2.24) is 15.5 Å². The van der Waals surface area contributed by atoms with Gasteiger partial charge in [-0.1, -0.05) is 24.3 Å². The number of likely N-dealkylation sites (tertiary alicyclic amines) is 1. The molecule has 2 aliphatic rings. The number of para-hydroxylation sites is 1. The molecule has 2 aromatic rings. The summed E-state index contributed by atoms with van der Waals surface area (Å²) in [6, 6.07) is 14.9. The van der Waals surface area contributed by atoms with E-state index in [1.165, 1.54) is 30.0 Å². The number of thiophene rings is 1. The van der Waals surface area contributed by atoms with Crippen LogP contribution in [-0.4, -0.2) is 50.2 Å². The van der Waals surface area contributed by atoms with E-state index in [0.29, 0.717) is 11.8 Å². The van der Waals surface area contributed by atoms with Crippen LogP contribution in [0.5, 0.6) is 0 Å². The van der Waals surface area contributed by atoms with Crippen molar-refractivity contribution in [3.8, 4) is 0 Å². The highest BCUT2D eigenvalue weighted by Gasteiger charge is 2.24. The van der Waals surface area contributed by atoms with Crippen molar-refractivity contribution in [2.24, 2.45) is 11.8 Å². The van der Waals surface area contributed by atoms with Gasteiger partial charge in [0.1, 0.15) is 0 Å². The summed E-state index contributed by atoms with van der Waals surface area (Å²) in [7, 11) is 0. The van der Waals surface area contributed by atoms with E-state index in [4.69, 9.17) is 0 Å². The topological polar surface area (TPSA) is 47.6 Å². The van der Waals surface area contributed by atoms with E-state index in [2.05, 4.69) is 68.3 Å². The molecule has 2 atom stereocenters. The van der Waals surface area contributed by atoms with E-state index in [9.17, 15) is 4.79 Å². The molecule has 0 saturated carbocycles. The molecule has 3 heterocycles. The Labute approximate surface area is 178 Å². The lowest BCUT2D eigenvalue weighted by Crippen LogP contribution is -2.44. The second-order valence-corrected chi connectivity index (χ2v) is 9.38. The van der Waals surface area contributed by atoms with Gasteiger partial charge in [0, 0.05) is 49.8 Å². The van der Waals surface area contributed by atoms with Gasteiger partial charge in [-0.3, -0.25) is 4.90 Å². The zero-order valence-corrected chi connectivity index (χ0v) is 17.9. The van der Waals surface area contributed by atoms with Gasteiger partial charge in [0.2, 0.25) is 0 Å². The summed E-state index contributed by atoms with van der Waals surface area (Å²) in [4.78, 5) is 18.6. The fourth-order valence-corrected chi connectivity index (χ4v) is 5.24. The maximum absolute atomic E-state index is 12.3. The highest BCUT2D eigenvalue weighted by atomic mass is 32.1. The predicted molar refractivity (Wildman–Crippen MR) is 120 cm³/mol. The molecule has 6 heteroatoms. The van der Waals surface area contributed by atoms with E-state index < -0.39 is 0 Å². The van der Waals surface area contributed by atoms with E-state index in [1.807, 2.05) is 11.3 Å². The Morgan fingerprint density at radius 1 is 0.966 bits per heavy atom. The number of rotatable bonds is 7. The summed E-state index contributed by atoms with van der Waals surface area (Å²) in [5.74, 6) is 1.08. The first-order valence-electron chi connectivity index (χ1n) is 10.8. The number of amides is 2. The lowest BCUT2D eigenvalue weighted by molar-refractivity contribution is 0.166. The van der Waals surface area contributed by atoms with E-state index in [-0.39, 0.29) is 6.03 Å². The Balaban J connectivity index is 1.13. The molecule has 2 aliphatic heterocycles. The number of benzene rings is 1. The molecule has 2 saturated heterocycles. The molecular weight excluding hydrogens is 380 g/mol. The fraction of sp³-hybridized carbons (Fsp3) is 0.522. The third-order valence-corrected chi connectivity index (χ3v) is 6.93. The van der Waals surface area contributed by atoms with Crippen LogP contribution in [0.25, 0.3) is 0 Å². The van der Waals surface area contributed by atoms with Crippen molar-refractivity contribution in [2.45, 2.75) is 25.8 Å². The minimum Gasteiger partial charge on any atom is -0.371 e. The van der Waals surface area contributed by atoms with Crippen molar-refractivity contribution in [1.29, 1.82) is 0 Å². The van der Waals surface area contributed by atoms with Crippen molar-refractivity contribution in [3.05, 3.63) is 52.7 Å². The van der Waals surface area contributed by atoms with E-state index >= 15 is 0 Å². The Hall–Kier alpha value is -2.05. The highest BCUT2D eigenvalue weighted by Crippen LogP contribution is 2.23. The zero-order chi connectivity index (χ0) is 19.9. The Morgan fingerprint density at radius 3 is 2.52 bits per heavy atom. The Morgan fingerprint density at radius 2 is 1.76 bits per heavy atom. The second kappa shape index (κ2) is 10.1. The normalized spacial score (nSPS) is 22.6. The molecule has 1 aromatic carbocycles. The molecule has 4 rings (SSSR count). The average molecular weight is 413 g/mol. The fourth-order valence-electron chi connectivity index (χ4n) is 4.49. The number of nitrogens with one attached hydrogen (secondary N) is 2. The number of carbonyl (C=O) groups excluding carboxylic acids is 1. The minimum atomic E-state index is -0.0152. The van der Waals surface area contributed by atoms with Gasteiger partial charge in [0.05, 0.1) is 0 Å². The maximum atomic E-state index is 12.3. The van der Waals surface area contributed by atoms with Crippen LogP contribution < -0.4 is 15.5 Å². The first-order valence-corrected chi connectivity index (χ1v) is 11.7. The monoisotopic (exact) mass is 412 g/mol. The molecule has 0 unspecified atom stereocenters. The number of hydrogen-bond donors (Lipinski definition) is 2. The number of urea groups is 1. The maximum Gasteiger partial charge on any atom is 0.314 e. The predicted octanol–water partition coefficient (Wildman–Crippen LogP) is 3.79. The van der Waals surface area contributed by atoms with Gasteiger partial charge in [-0.25, -0.2) is 4.79 Å².